The lowest BCUT2D eigenvalue weighted by Crippen LogP contribution is -2.14. The van der Waals surface area contributed by atoms with Gasteiger partial charge in [0.05, 0.1) is 4.92 Å². The van der Waals surface area contributed by atoms with Crippen LogP contribution < -0.4 is 5.43 Å². The number of esters is 1. The molecule has 0 aliphatic heterocycles. The smallest absolute Gasteiger partial charge is 0.355 e. The lowest BCUT2D eigenvalue weighted by Gasteiger charge is -2.09. The van der Waals surface area contributed by atoms with Gasteiger partial charge in [0.15, 0.2) is 11.5 Å². The fourth-order valence-corrected chi connectivity index (χ4v) is 2.82. The van der Waals surface area contributed by atoms with Crippen LogP contribution in [-0.4, -0.2) is 26.1 Å². The molecule has 150 valence electrons. The van der Waals surface area contributed by atoms with Gasteiger partial charge in [0, 0.05) is 34.7 Å². The van der Waals surface area contributed by atoms with E-state index in [1.165, 1.54) is 30.3 Å². The number of H-pyrrole nitrogens is 1. The van der Waals surface area contributed by atoms with Crippen LogP contribution >= 0.6 is 0 Å². The third-order valence-corrected chi connectivity index (χ3v) is 4.35. The number of nitro groups is 1. The summed E-state index contributed by atoms with van der Waals surface area (Å²) in [5.74, 6) is -0.581. The van der Waals surface area contributed by atoms with E-state index in [1.54, 1.807) is 31.2 Å². The Balaban J connectivity index is 1.52. The summed E-state index contributed by atoms with van der Waals surface area (Å²) in [5, 5.41) is 18.9. The number of non-ortho nitro benzene ring substituents is 1. The van der Waals surface area contributed by atoms with Crippen LogP contribution in [0.1, 0.15) is 29.4 Å². The first-order valence-corrected chi connectivity index (χ1v) is 8.83. The average Bonchev–Trinajstić information content (AvgIpc) is 3.24. The quantitative estimate of drug-likeness (QED) is 0.302. The molecule has 0 amide bonds. The number of para-hydroxylation sites is 1. The molecule has 0 aliphatic carbocycles. The van der Waals surface area contributed by atoms with E-state index in [0.717, 1.165) is 0 Å². The van der Waals surface area contributed by atoms with E-state index in [0.29, 0.717) is 16.5 Å². The van der Waals surface area contributed by atoms with Gasteiger partial charge in [-0.3, -0.25) is 14.9 Å². The largest absolute Gasteiger partial charge is 0.448 e. The number of carbonyl (C=O) groups is 1. The summed E-state index contributed by atoms with van der Waals surface area (Å²) in [6.07, 6.45) is -0.883. The Labute approximate surface area is 168 Å². The van der Waals surface area contributed by atoms with Gasteiger partial charge < -0.3 is 14.1 Å². The van der Waals surface area contributed by atoms with Crippen LogP contribution in [0.2, 0.25) is 0 Å². The van der Waals surface area contributed by atoms with E-state index in [9.17, 15) is 19.7 Å². The second-order valence-corrected chi connectivity index (χ2v) is 6.39. The molecular formula is C20H14N4O6. The Bertz CT molecular complexity index is 1310. The number of pyridine rings is 1. The molecule has 0 fully saturated rings. The molecule has 0 unspecified atom stereocenters. The van der Waals surface area contributed by atoms with E-state index >= 15 is 0 Å². The van der Waals surface area contributed by atoms with Crippen molar-refractivity contribution in [2.75, 3.05) is 0 Å². The van der Waals surface area contributed by atoms with Crippen LogP contribution in [0.5, 0.6) is 0 Å². The third kappa shape index (κ3) is 3.65. The average molecular weight is 406 g/mol. The van der Waals surface area contributed by atoms with Crippen LogP contribution in [0.15, 0.2) is 63.8 Å². The van der Waals surface area contributed by atoms with Gasteiger partial charge in [0.25, 0.3) is 11.6 Å². The van der Waals surface area contributed by atoms with Gasteiger partial charge in [-0.2, -0.15) is 0 Å². The molecule has 0 radical (unpaired) electrons. The molecule has 1 atom stereocenters. The molecular weight excluding hydrogens is 392 g/mol. The maximum atomic E-state index is 12.5. The number of nitrogens with zero attached hydrogens (tertiary/aromatic N) is 3. The first-order valence-electron chi connectivity index (χ1n) is 8.83. The van der Waals surface area contributed by atoms with Crippen LogP contribution in [0.4, 0.5) is 5.69 Å². The number of carbonyl (C=O) groups excluding carboxylic acids is 1. The van der Waals surface area contributed by atoms with E-state index in [4.69, 9.17) is 9.15 Å². The number of hydrogen-bond acceptors (Lipinski definition) is 8. The van der Waals surface area contributed by atoms with Crippen molar-refractivity contribution in [3.63, 3.8) is 0 Å². The SMILES string of the molecule is C[C@@H](OC(=O)c1cc(=O)c2ccccc2[nH]1)c1nnc(-c2ccc([N+](=O)[O-])cc2)o1. The van der Waals surface area contributed by atoms with E-state index in [-0.39, 0.29) is 28.6 Å². The zero-order valence-corrected chi connectivity index (χ0v) is 15.6. The first kappa shape index (κ1) is 19.0. The summed E-state index contributed by atoms with van der Waals surface area (Å²) in [4.78, 5) is 37.7. The maximum Gasteiger partial charge on any atom is 0.355 e. The number of ether oxygens (including phenoxy) is 1. The highest BCUT2D eigenvalue weighted by atomic mass is 16.6. The summed E-state index contributed by atoms with van der Waals surface area (Å²) < 4.78 is 10.9. The van der Waals surface area contributed by atoms with Crippen molar-refractivity contribution in [1.82, 2.24) is 15.2 Å². The Kier molecular flexibility index (Phi) is 4.80. The fraction of sp³-hybridized carbons (Fsp3) is 0.100. The predicted octanol–water partition coefficient (Wildman–Crippen LogP) is 3.40. The first-order chi connectivity index (χ1) is 14.4. The summed E-state index contributed by atoms with van der Waals surface area (Å²) in [7, 11) is 0. The van der Waals surface area contributed by atoms with Crippen molar-refractivity contribution >= 4 is 22.6 Å². The second-order valence-electron chi connectivity index (χ2n) is 6.39. The van der Waals surface area contributed by atoms with Gasteiger partial charge in [0.1, 0.15) is 5.69 Å². The number of fused-ring (bicyclic) bond motifs is 1. The molecule has 4 aromatic rings. The Morgan fingerprint density at radius 3 is 2.63 bits per heavy atom. The molecule has 30 heavy (non-hydrogen) atoms. The molecule has 1 N–H and O–H groups in total. The van der Waals surface area contributed by atoms with Gasteiger partial charge in [-0.15, -0.1) is 10.2 Å². The molecule has 2 aromatic heterocycles. The minimum absolute atomic E-state index is 0.000609. The van der Waals surface area contributed by atoms with Crippen molar-refractivity contribution in [3.05, 3.63) is 86.5 Å². The number of rotatable bonds is 5. The number of nitro benzene ring substituents is 1. The van der Waals surface area contributed by atoms with Crippen LogP contribution in [0, 0.1) is 10.1 Å². The summed E-state index contributed by atoms with van der Waals surface area (Å²) in [6.45, 7) is 1.55. The predicted molar refractivity (Wildman–Crippen MR) is 105 cm³/mol. The summed E-state index contributed by atoms with van der Waals surface area (Å²) in [5.41, 5.74) is 0.632. The molecule has 2 heterocycles. The number of nitrogens with one attached hydrogen (secondary N) is 1. The highest BCUT2D eigenvalue weighted by Crippen LogP contribution is 2.24. The monoisotopic (exact) mass is 406 g/mol. The Morgan fingerprint density at radius 2 is 1.90 bits per heavy atom. The van der Waals surface area contributed by atoms with Gasteiger partial charge >= 0.3 is 5.97 Å². The van der Waals surface area contributed by atoms with Gasteiger partial charge in [0.2, 0.25) is 5.89 Å². The van der Waals surface area contributed by atoms with Crippen LogP contribution in [0.3, 0.4) is 0 Å². The molecule has 0 saturated carbocycles. The molecule has 0 spiro atoms. The van der Waals surface area contributed by atoms with E-state index in [2.05, 4.69) is 15.2 Å². The third-order valence-electron chi connectivity index (χ3n) is 4.35. The molecule has 2 aromatic carbocycles. The Morgan fingerprint density at radius 1 is 1.17 bits per heavy atom. The second kappa shape index (κ2) is 7.59. The van der Waals surface area contributed by atoms with Crippen molar-refractivity contribution in [3.8, 4) is 11.5 Å². The minimum Gasteiger partial charge on any atom is -0.448 e. The maximum absolute atomic E-state index is 12.5. The molecule has 10 heteroatoms. The molecule has 10 nitrogen and oxygen atoms in total. The number of aromatic amines is 1. The minimum atomic E-state index is -0.883. The molecule has 0 saturated heterocycles. The fourth-order valence-electron chi connectivity index (χ4n) is 2.82. The zero-order valence-electron chi connectivity index (χ0n) is 15.6. The van der Waals surface area contributed by atoms with E-state index < -0.39 is 17.0 Å². The standard InChI is InChI=1S/C20H14N4O6/c1-11(18-22-23-19(30-18)12-6-8-13(9-7-12)24(27)28)29-20(26)16-10-17(25)14-4-2-3-5-15(14)21-16/h2-11H,1H3,(H,21,25)/t11-/m1/s1. The highest BCUT2D eigenvalue weighted by molar-refractivity contribution is 5.91. The van der Waals surface area contributed by atoms with Crippen molar-refractivity contribution in [2.24, 2.45) is 0 Å². The van der Waals surface area contributed by atoms with Crippen LogP contribution in [-0.2, 0) is 4.74 Å². The number of benzene rings is 2. The lowest BCUT2D eigenvalue weighted by atomic mass is 10.2. The lowest BCUT2D eigenvalue weighted by molar-refractivity contribution is -0.384. The van der Waals surface area contributed by atoms with Crippen molar-refractivity contribution in [2.45, 2.75) is 13.0 Å². The zero-order chi connectivity index (χ0) is 21.3. The van der Waals surface area contributed by atoms with Crippen molar-refractivity contribution in [1.29, 1.82) is 0 Å². The molecule has 4 rings (SSSR count). The Hall–Kier alpha value is -4.34. The summed E-state index contributed by atoms with van der Waals surface area (Å²) in [6, 6.07) is 13.6. The van der Waals surface area contributed by atoms with Crippen LogP contribution in [0.25, 0.3) is 22.4 Å². The normalized spacial score (nSPS) is 11.9. The summed E-state index contributed by atoms with van der Waals surface area (Å²) >= 11 is 0. The number of aromatic nitrogens is 3. The number of hydrogen-bond donors (Lipinski definition) is 1. The van der Waals surface area contributed by atoms with Gasteiger partial charge in [-0.25, -0.2) is 4.79 Å². The van der Waals surface area contributed by atoms with E-state index in [1.807, 2.05) is 0 Å². The highest BCUT2D eigenvalue weighted by Gasteiger charge is 2.21. The van der Waals surface area contributed by atoms with Gasteiger partial charge in [-0.05, 0) is 31.2 Å². The van der Waals surface area contributed by atoms with Gasteiger partial charge in [-0.1, -0.05) is 12.1 Å². The molecule has 0 bridgehead atoms. The molecule has 0 aliphatic rings. The van der Waals surface area contributed by atoms with Crippen molar-refractivity contribution < 1.29 is 18.9 Å². The topological polar surface area (TPSA) is 141 Å².